The van der Waals surface area contributed by atoms with E-state index in [-0.39, 0.29) is 16.9 Å². The first-order valence-corrected chi connectivity index (χ1v) is 9.34. The smallest absolute Gasteiger partial charge is 0.237 e. The highest BCUT2D eigenvalue weighted by Crippen LogP contribution is 2.29. The van der Waals surface area contributed by atoms with Gasteiger partial charge in [-0.3, -0.25) is 9.59 Å². The Bertz CT molecular complexity index is 718. The van der Waals surface area contributed by atoms with Gasteiger partial charge in [-0.15, -0.1) is 10.2 Å². The summed E-state index contributed by atoms with van der Waals surface area (Å²) >= 11 is 2.74. The molecule has 1 aromatic carbocycles. The van der Waals surface area contributed by atoms with Crippen LogP contribution in [0.4, 0.5) is 10.8 Å². The number of thioether (sulfide) groups is 1. The maximum absolute atomic E-state index is 12.3. The number of benzene rings is 1. The molecular formula is C16H20N4O3S2. The number of nitrogens with one attached hydrogen (secondary N) is 2. The fourth-order valence-corrected chi connectivity index (χ4v) is 3.75. The Hall–Kier alpha value is -1.97. The molecule has 0 saturated heterocycles. The second-order valence-corrected chi connectivity index (χ2v) is 7.74. The number of hydrogen-bond acceptors (Lipinski definition) is 8. The average molecular weight is 380 g/mol. The maximum atomic E-state index is 12.3. The molecule has 1 aromatic heterocycles. The third-order valence-electron chi connectivity index (χ3n) is 3.19. The Labute approximate surface area is 154 Å². The summed E-state index contributed by atoms with van der Waals surface area (Å²) in [5, 5.41) is 14.4. The molecule has 1 atom stereocenters. The van der Waals surface area contributed by atoms with Crippen LogP contribution in [0.3, 0.4) is 0 Å². The molecule has 0 spiro atoms. The lowest BCUT2D eigenvalue weighted by Gasteiger charge is -2.10. The quantitative estimate of drug-likeness (QED) is 0.392. The summed E-state index contributed by atoms with van der Waals surface area (Å²) in [7, 11) is 1.64. The van der Waals surface area contributed by atoms with E-state index in [0.717, 1.165) is 4.34 Å². The van der Waals surface area contributed by atoms with Gasteiger partial charge in [-0.05, 0) is 38.1 Å². The molecule has 2 aromatic rings. The minimum atomic E-state index is -0.327. The Morgan fingerprint density at radius 1 is 1.28 bits per heavy atom. The number of rotatable bonds is 9. The van der Waals surface area contributed by atoms with Gasteiger partial charge < -0.3 is 15.4 Å². The number of nitrogens with zero attached hydrogens (tertiary/aromatic N) is 2. The van der Waals surface area contributed by atoms with Crippen LogP contribution in [0.25, 0.3) is 0 Å². The summed E-state index contributed by atoms with van der Waals surface area (Å²) in [4.78, 5) is 23.5. The average Bonchev–Trinajstić information content (AvgIpc) is 3.03. The highest BCUT2D eigenvalue weighted by molar-refractivity contribution is 8.02. The van der Waals surface area contributed by atoms with Crippen molar-refractivity contribution in [2.75, 3.05) is 30.9 Å². The number of Topliss-reactive ketones (excluding diaryl/α,β-unsaturated/α-hetero) is 1. The Morgan fingerprint density at radius 3 is 2.64 bits per heavy atom. The Morgan fingerprint density at radius 2 is 2.00 bits per heavy atom. The molecule has 0 unspecified atom stereocenters. The zero-order valence-electron chi connectivity index (χ0n) is 14.2. The van der Waals surface area contributed by atoms with E-state index in [0.29, 0.717) is 29.5 Å². The second kappa shape index (κ2) is 9.50. The van der Waals surface area contributed by atoms with Crippen molar-refractivity contribution >= 4 is 45.6 Å². The molecule has 1 heterocycles. The van der Waals surface area contributed by atoms with E-state index in [2.05, 4.69) is 20.8 Å². The van der Waals surface area contributed by atoms with Crippen molar-refractivity contribution in [3.8, 4) is 0 Å². The number of hydrogen-bond donors (Lipinski definition) is 2. The van der Waals surface area contributed by atoms with Crippen molar-refractivity contribution in [2.24, 2.45) is 0 Å². The minimum Gasteiger partial charge on any atom is -0.383 e. The predicted molar refractivity (Wildman–Crippen MR) is 101 cm³/mol. The molecule has 0 aliphatic carbocycles. The molecule has 0 bridgehead atoms. The van der Waals surface area contributed by atoms with Gasteiger partial charge in [-0.25, -0.2) is 0 Å². The first kappa shape index (κ1) is 19.4. The third kappa shape index (κ3) is 6.11. The van der Waals surface area contributed by atoms with E-state index >= 15 is 0 Å². The van der Waals surface area contributed by atoms with E-state index in [4.69, 9.17) is 4.74 Å². The number of ketones is 1. The van der Waals surface area contributed by atoms with Gasteiger partial charge in [0.25, 0.3) is 0 Å². The van der Waals surface area contributed by atoms with Crippen LogP contribution >= 0.6 is 23.1 Å². The number of aromatic nitrogens is 2. The van der Waals surface area contributed by atoms with Crippen molar-refractivity contribution in [2.45, 2.75) is 23.4 Å². The van der Waals surface area contributed by atoms with Crippen LogP contribution < -0.4 is 10.6 Å². The standard InChI is InChI=1S/C16H20N4O3S2/c1-10(21)12-4-6-13(7-5-12)18-14(22)11(2)24-16-20-19-15(25-16)17-8-9-23-3/h4-7,11H,8-9H2,1-3H3,(H,17,19)(H,18,22)/t11-/m0/s1. The lowest BCUT2D eigenvalue weighted by atomic mass is 10.1. The highest BCUT2D eigenvalue weighted by Gasteiger charge is 2.17. The molecule has 2 N–H and O–H groups in total. The van der Waals surface area contributed by atoms with E-state index < -0.39 is 0 Å². The first-order chi connectivity index (χ1) is 12.0. The summed E-state index contributed by atoms with van der Waals surface area (Å²) in [6, 6.07) is 6.82. The Balaban J connectivity index is 1.86. The normalized spacial score (nSPS) is 11.8. The number of carbonyl (C=O) groups excluding carboxylic acids is 2. The van der Waals surface area contributed by atoms with Gasteiger partial charge in [0.2, 0.25) is 11.0 Å². The molecule has 7 nitrogen and oxygen atoms in total. The molecular weight excluding hydrogens is 360 g/mol. The van der Waals surface area contributed by atoms with Gasteiger partial charge in [-0.1, -0.05) is 23.1 Å². The first-order valence-electron chi connectivity index (χ1n) is 7.64. The topological polar surface area (TPSA) is 93.2 Å². The lowest BCUT2D eigenvalue weighted by Crippen LogP contribution is -2.22. The fraction of sp³-hybridized carbons (Fsp3) is 0.375. The fourth-order valence-electron chi connectivity index (χ4n) is 1.83. The van der Waals surface area contributed by atoms with Gasteiger partial charge in [0, 0.05) is 24.9 Å². The van der Waals surface area contributed by atoms with Crippen LogP contribution in [0.5, 0.6) is 0 Å². The number of amides is 1. The molecule has 0 aliphatic heterocycles. The van der Waals surface area contributed by atoms with Crippen molar-refractivity contribution in [3.63, 3.8) is 0 Å². The molecule has 0 fully saturated rings. The number of ether oxygens (including phenoxy) is 1. The zero-order chi connectivity index (χ0) is 18.2. The Kier molecular flexibility index (Phi) is 7.35. The molecule has 134 valence electrons. The summed E-state index contributed by atoms with van der Waals surface area (Å²) in [6.45, 7) is 4.56. The van der Waals surface area contributed by atoms with Crippen LogP contribution in [-0.4, -0.2) is 47.4 Å². The van der Waals surface area contributed by atoms with Crippen molar-refractivity contribution in [1.29, 1.82) is 0 Å². The van der Waals surface area contributed by atoms with E-state index in [1.165, 1.54) is 30.0 Å². The molecule has 25 heavy (non-hydrogen) atoms. The number of methoxy groups -OCH3 is 1. The number of carbonyl (C=O) groups is 2. The van der Waals surface area contributed by atoms with Crippen LogP contribution in [-0.2, 0) is 9.53 Å². The second-order valence-electron chi connectivity index (χ2n) is 5.18. The van der Waals surface area contributed by atoms with Crippen LogP contribution in [0.1, 0.15) is 24.2 Å². The van der Waals surface area contributed by atoms with E-state index in [1.807, 2.05) is 6.92 Å². The summed E-state index contributed by atoms with van der Waals surface area (Å²) < 4.78 is 5.68. The summed E-state index contributed by atoms with van der Waals surface area (Å²) in [5.41, 5.74) is 1.27. The highest BCUT2D eigenvalue weighted by atomic mass is 32.2. The number of anilines is 2. The minimum absolute atomic E-state index is 0.00650. The van der Waals surface area contributed by atoms with Gasteiger partial charge in [0.05, 0.1) is 11.9 Å². The molecule has 0 aliphatic rings. The molecule has 1 amide bonds. The summed E-state index contributed by atoms with van der Waals surface area (Å²) in [5.74, 6) is -0.141. The third-order valence-corrected chi connectivity index (χ3v) is 5.26. The molecule has 0 saturated carbocycles. The predicted octanol–water partition coefficient (Wildman–Crippen LogP) is 2.92. The van der Waals surface area contributed by atoms with Gasteiger partial charge in [0.1, 0.15) is 0 Å². The van der Waals surface area contributed by atoms with Crippen molar-refractivity contribution < 1.29 is 14.3 Å². The SMILES string of the molecule is COCCNc1nnc(S[C@@H](C)C(=O)Nc2ccc(C(C)=O)cc2)s1. The van der Waals surface area contributed by atoms with E-state index in [9.17, 15) is 9.59 Å². The van der Waals surface area contributed by atoms with Crippen LogP contribution in [0.15, 0.2) is 28.6 Å². The molecule has 9 heteroatoms. The largest absolute Gasteiger partial charge is 0.383 e. The van der Waals surface area contributed by atoms with Gasteiger partial charge >= 0.3 is 0 Å². The van der Waals surface area contributed by atoms with Crippen molar-refractivity contribution in [3.05, 3.63) is 29.8 Å². The molecule has 2 rings (SSSR count). The van der Waals surface area contributed by atoms with Crippen LogP contribution in [0, 0.1) is 0 Å². The van der Waals surface area contributed by atoms with E-state index in [1.54, 1.807) is 31.4 Å². The molecule has 0 radical (unpaired) electrons. The summed E-state index contributed by atoms with van der Waals surface area (Å²) in [6.07, 6.45) is 0. The zero-order valence-corrected chi connectivity index (χ0v) is 15.9. The van der Waals surface area contributed by atoms with Gasteiger partial charge in [0.15, 0.2) is 10.1 Å². The van der Waals surface area contributed by atoms with Gasteiger partial charge in [-0.2, -0.15) is 0 Å². The monoisotopic (exact) mass is 380 g/mol. The van der Waals surface area contributed by atoms with Crippen molar-refractivity contribution in [1.82, 2.24) is 10.2 Å². The lowest BCUT2D eigenvalue weighted by molar-refractivity contribution is -0.115. The van der Waals surface area contributed by atoms with Crippen LogP contribution in [0.2, 0.25) is 0 Å². The maximum Gasteiger partial charge on any atom is 0.237 e.